The number of ether oxygens (including phenoxy) is 1. The van der Waals surface area contributed by atoms with Crippen molar-refractivity contribution in [2.75, 3.05) is 18.5 Å². The van der Waals surface area contributed by atoms with Gasteiger partial charge in [0.25, 0.3) is 0 Å². The van der Waals surface area contributed by atoms with E-state index in [4.69, 9.17) is 33.7 Å². The van der Waals surface area contributed by atoms with Crippen LogP contribution in [0.1, 0.15) is 5.56 Å². The van der Waals surface area contributed by atoms with Gasteiger partial charge in [-0.2, -0.15) is 0 Å². The molecular formula is C16H17Cl2N3O. The molecule has 0 aromatic heterocycles. The van der Waals surface area contributed by atoms with Crippen LogP contribution in [0.2, 0.25) is 10.0 Å². The van der Waals surface area contributed by atoms with E-state index in [-0.39, 0.29) is 0 Å². The van der Waals surface area contributed by atoms with E-state index in [1.54, 1.807) is 12.1 Å². The second-order valence-corrected chi connectivity index (χ2v) is 5.39. The zero-order chi connectivity index (χ0) is 15.8. The molecule has 22 heavy (non-hydrogen) atoms. The van der Waals surface area contributed by atoms with Crippen molar-refractivity contribution < 1.29 is 4.74 Å². The van der Waals surface area contributed by atoms with Gasteiger partial charge >= 0.3 is 0 Å². The number of para-hydroxylation sites is 1. The van der Waals surface area contributed by atoms with Gasteiger partial charge in [-0.05, 0) is 29.8 Å². The molecule has 0 saturated carbocycles. The number of anilines is 1. The Labute approximate surface area is 139 Å². The van der Waals surface area contributed by atoms with E-state index >= 15 is 0 Å². The lowest BCUT2D eigenvalue weighted by Crippen LogP contribution is -2.23. The van der Waals surface area contributed by atoms with Crippen LogP contribution < -0.4 is 11.1 Å². The molecule has 0 heterocycles. The summed E-state index contributed by atoms with van der Waals surface area (Å²) in [4.78, 5) is 4.19. The molecule has 6 heteroatoms. The summed E-state index contributed by atoms with van der Waals surface area (Å²) >= 11 is 11.9. The van der Waals surface area contributed by atoms with Crippen LogP contribution in [-0.4, -0.2) is 19.1 Å². The molecule has 0 bridgehead atoms. The number of nitrogens with two attached hydrogens (primary N) is 1. The molecule has 0 aliphatic rings. The van der Waals surface area contributed by atoms with Crippen molar-refractivity contribution in [2.24, 2.45) is 10.7 Å². The van der Waals surface area contributed by atoms with Gasteiger partial charge in [0.1, 0.15) is 0 Å². The van der Waals surface area contributed by atoms with Crippen LogP contribution in [0.25, 0.3) is 0 Å². The third kappa shape index (κ3) is 5.56. The predicted octanol–water partition coefficient (Wildman–Crippen LogP) is 3.94. The summed E-state index contributed by atoms with van der Waals surface area (Å²) in [5, 5.41) is 4.21. The number of halogens is 2. The predicted molar refractivity (Wildman–Crippen MR) is 92.7 cm³/mol. The average molecular weight is 338 g/mol. The quantitative estimate of drug-likeness (QED) is 0.476. The Bertz CT molecular complexity index is 633. The van der Waals surface area contributed by atoms with E-state index in [1.165, 1.54) is 0 Å². The number of nitrogens with one attached hydrogen (secondary N) is 1. The Morgan fingerprint density at radius 1 is 1.14 bits per heavy atom. The summed E-state index contributed by atoms with van der Waals surface area (Å²) in [6.45, 7) is 1.34. The first-order chi connectivity index (χ1) is 10.6. The molecular weight excluding hydrogens is 321 g/mol. The van der Waals surface area contributed by atoms with Gasteiger partial charge in [0, 0.05) is 15.7 Å². The van der Waals surface area contributed by atoms with E-state index in [1.807, 2.05) is 36.4 Å². The Balaban J connectivity index is 1.71. The first-order valence-corrected chi connectivity index (χ1v) is 7.54. The lowest BCUT2D eigenvalue weighted by Gasteiger charge is -2.07. The maximum Gasteiger partial charge on any atom is 0.193 e. The minimum atomic E-state index is 0.360. The first kappa shape index (κ1) is 16.6. The minimum Gasteiger partial charge on any atom is -0.375 e. The van der Waals surface area contributed by atoms with Crippen LogP contribution in [-0.2, 0) is 11.3 Å². The maximum atomic E-state index is 6.06. The molecule has 4 nitrogen and oxygen atoms in total. The van der Waals surface area contributed by atoms with Gasteiger partial charge < -0.3 is 15.8 Å². The zero-order valence-corrected chi connectivity index (χ0v) is 13.4. The molecule has 116 valence electrons. The summed E-state index contributed by atoms with van der Waals surface area (Å²) in [6, 6.07) is 15.0. The summed E-state index contributed by atoms with van der Waals surface area (Å²) < 4.78 is 5.52. The van der Waals surface area contributed by atoms with Crippen molar-refractivity contribution in [1.82, 2.24) is 0 Å². The molecule has 2 aromatic rings. The highest BCUT2D eigenvalue weighted by Gasteiger charge is 2.01. The molecule has 0 saturated heterocycles. The minimum absolute atomic E-state index is 0.360. The largest absolute Gasteiger partial charge is 0.375 e. The van der Waals surface area contributed by atoms with Gasteiger partial charge in [0.2, 0.25) is 0 Å². The topological polar surface area (TPSA) is 59.6 Å². The van der Waals surface area contributed by atoms with Crippen molar-refractivity contribution in [2.45, 2.75) is 6.61 Å². The van der Waals surface area contributed by atoms with Gasteiger partial charge in [-0.25, -0.2) is 0 Å². The van der Waals surface area contributed by atoms with Crippen LogP contribution >= 0.6 is 23.2 Å². The Morgan fingerprint density at radius 3 is 2.64 bits per heavy atom. The van der Waals surface area contributed by atoms with E-state index in [0.717, 1.165) is 11.3 Å². The fraction of sp³-hybridized carbons (Fsp3) is 0.188. The van der Waals surface area contributed by atoms with E-state index in [9.17, 15) is 0 Å². The fourth-order valence-corrected chi connectivity index (χ4v) is 2.22. The zero-order valence-electron chi connectivity index (χ0n) is 11.9. The molecule has 0 radical (unpaired) electrons. The lowest BCUT2D eigenvalue weighted by atomic mass is 10.2. The van der Waals surface area contributed by atoms with Crippen molar-refractivity contribution in [3.63, 3.8) is 0 Å². The van der Waals surface area contributed by atoms with E-state index < -0.39 is 0 Å². The van der Waals surface area contributed by atoms with Crippen LogP contribution in [0.5, 0.6) is 0 Å². The van der Waals surface area contributed by atoms with Crippen molar-refractivity contribution in [3.05, 3.63) is 64.1 Å². The highest BCUT2D eigenvalue weighted by atomic mass is 35.5. The smallest absolute Gasteiger partial charge is 0.193 e. The molecule has 3 N–H and O–H groups in total. The van der Waals surface area contributed by atoms with Crippen LogP contribution in [0.15, 0.2) is 53.5 Å². The number of hydrogen-bond donors (Lipinski definition) is 2. The standard InChI is InChI=1S/C16H17Cl2N3O/c17-13-7-6-12(15(18)10-13)11-22-9-8-20-16(19)21-14-4-2-1-3-5-14/h1-7,10H,8-9,11H2,(H3,19,20,21). The number of aliphatic imine (C=N–C) groups is 1. The van der Waals surface area contributed by atoms with Crippen molar-refractivity contribution >= 4 is 34.8 Å². The molecule has 2 rings (SSSR count). The molecule has 0 aliphatic heterocycles. The molecule has 0 fully saturated rings. The van der Waals surface area contributed by atoms with Crippen molar-refractivity contribution in [3.8, 4) is 0 Å². The second-order valence-electron chi connectivity index (χ2n) is 4.55. The second kappa shape index (κ2) is 8.63. The van der Waals surface area contributed by atoms with E-state index in [0.29, 0.717) is 35.8 Å². The lowest BCUT2D eigenvalue weighted by molar-refractivity contribution is 0.128. The third-order valence-electron chi connectivity index (χ3n) is 2.84. The van der Waals surface area contributed by atoms with Crippen LogP contribution in [0, 0.1) is 0 Å². The normalized spacial score (nSPS) is 11.5. The summed E-state index contributed by atoms with van der Waals surface area (Å²) in [5.74, 6) is 0.360. The highest BCUT2D eigenvalue weighted by Crippen LogP contribution is 2.21. The van der Waals surface area contributed by atoms with Gasteiger partial charge in [-0.1, -0.05) is 47.5 Å². The molecule has 0 spiro atoms. The summed E-state index contributed by atoms with van der Waals surface area (Å²) in [6.07, 6.45) is 0. The molecule has 0 aliphatic carbocycles. The van der Waals surface area contributed by atoms with Gasteiger partial charge in [-0.3, -0.25) is 4.99 Å². The Morgan fingerprint density at radius 2 is 1.91 bits per heavy atom. The van der Waals surface area contributed by atoms with Crippen molar-refractivity contribution in [1.29, 1.82) is 0 Å². The number of guanidine groups is 1. The average Bonchev–Trinajstić information content (AvgIpc) is 2.50. The summed E-state index contributed by atoms with van der Waals surface area (Å²) in [5.41, 5.74) is 7.58. The molecule has 0 atom stereocenters. The van der Waals surface area contributed by atoms with Crippen LogP contribution in [0.3, 0.4) is 0 Å². The number of rotatable bonds is 6. The fourth-order valence-electron chi connectivity index (χ4n) is 1.76. The van der Waals surface area contributed by atoms with Gasteiger partial charge in [0.05, 0.1) is 19.8 Å². The molecule has 2 aromatic carbocycles. The first-order valence-electron chi connectivity index (χ1n) is 6.79. The Hall–Kier alpha value is -1.75. The molecule has 0 amide bonds. The number of hydrogen-bond acceptors (Lipinski definition) is 2. The third-order valence-corrected chi connectivity index (χ3v) is 3.42. The van der Waals surface area contributed by atoms with Crippen LogP contribution in [0.4, 0.5) is 5.69 Å². The highest BCUT2D eigenvalue weighted by molar-refractivity contribution is 6.35. The monoisotopic (exact) mass is 337 g/mol. The SMILES string of the molecule is NC(=NCCOCc1ccc(Cl)cc1Cl)Nc1ccccc1. The van der Waals surface area contributed by atoms with Gasteiger partial charge in [-0.15, -0.1) is 0 Å². The number of benzene rings is 2. The number of nitrogens with zero attached hydrogens (tertiary/aromatic N) is 1. The maximum absolute atomic E-state index is 6.06. The van der Waals surface area contributed by atoms with Gasteiger partial charge in [0.15, 0.2) is 5.96 Å². The summed E-state index contributed by atoms with van der Waals surface area (Å²) in [7, 11) is 0. The Kier molecular flexibility index (Phi) is 6.52. The van der Waals surface area contributed by atoms with E-state index in [2.05, 4.69) is 10.3 Å². The molecule has 0 unspecified atom stereocenters.